The van der Waals surface area contributed by atoms with Crippen LogP contribution in [0.2, 0.25) is 0 Å². The number of rotatable bonds is 6. The second kappa shape index (κ2) is 15.3. The van der Waals surface area contributed by atoms with Crippen molar-refractivity contribution in [1.82, 2.24) is 24.7 Å². The van der Waals surface area contributed by atoms with E-state index in [1.165, 1.54) is 4.90 Å². The number of carboxylic acids is 1. The first-order chi connectivity index (χ1) is 24.9. The van der Waals surface area contributed by atoms with Gasteiger partial charge in [0.15, 0.2) is 0 Å². The molecule has 1 amide bonds. The van der Waals surface area contributed by atoms with Crippen LogP contribution in [-0.2, 0) is 0 Å². The van der Waals surface area contributed by atoms with Crippen molar-refractivity contribution in [3.05, 3.63) is 59.9 Å². The first-order valence-corrected chi connectivity index (χ1v) is 19.1. The summed E-state index contributed by atoms with van der Waals surface area (Å²) in [5.74, 6) is -3.78. The highest BCUT2D eigenvalue weighted by Gasteiger charge is 2.36. The van der Waals surface area contributed by atoms with Crippen molar-refractivity contribution in [3.63, 3.8) is 0 Å². The number of aromatic carboxylic acids is 1. The molecule has 0 saturated carbocycles. The molecule has 3 fully saturated rings. The maximum Gasteiger partial charge on any atom is 0.352 e. The van der Waals surface area contributed by atoms with Crippen LogP contribution in [0.25, 0.3) is 21.8 Å². The number of H-pyrrole nitrogens is 2. The second-order valence-corrected chi connectivity index (χ2v) is 17.1. The lowest BCUT2D eigenvalue weighted by Gasteiger charge is -2.41. The minimum atomic E-state index is -2.65. The summed E-state index contributed by atoms with van der Waals surface area (Å²) in [7, 11) is 0. The van der Waals surface area contributed by atoms with Gasteiger partial charge in [-0.05, 0) is 116 Å². The maximum atomic E-state index is 13.4. The number of alkyl halides is 2. The molecule has 2 aromatic heterocycles. The number of halogens is 2. The van der Waals surface area contributed by atoms with Crippen molar-refractivity contribution in [2.45, 2.75) is 109 Å². The van der Waals surface area contributed by atoms with Crippen molar-refractivity contribution in [2.75, 3.05) is 49.9 Å². The average molecular weight is 734 g/mol. The molecule has 0 aliphatic carbocycles. The second-order valence-electron chi connectivity index (χ2n) is 17.1. The lowest BCUT2D eigenvalue weighted by molar-refractivity contribution is -0.0495. The molecular formula is C41H57F2N7O3. The third-order valence-corrected chi connectivity index (χ3v) is 11.1. The molecule has 7 rings (SSSR count). The summed E-state index contributed by atoms with van der Waals surface area (Å²) in [6.45, 7) is 18.2. The van der Waals surface area contributed by atoms with E-state index in [0.29, 0.717) is 17.8 Å². The topological polar surface area (TPSA) is 120 Å². The molecule has 2 aromatic carbocycles. The summed E-state index contributed by atoms with van der Waals surface area (Å²) < 4.78 is 26.7. The van der Waals surface area contributed by atoms with E-state index in [4.69, 9.17) is 5.11 Å². The third kappa shape index (κ3) is 9.69. The number of aromatic amines is 2. The highest BCUT2D eigenvalue weighted by atomic mass is 19.3. The Morgan fingerprint density at radius 2 is 1.09 bits per heavy atom. The fourth-order valence-electron chi connectivity index (χ4n) is 7.74. The summed E-state index contributed by atoms with van der Waals surface area (Å²) >= 11 is 0. The Morgan fingerprint density at radius 1 is 0.679 bits per heavy atom. The van der Waals surface area contributed by atoms with Crippen LogP contribution in [0.5, 0.6) is 0 Å². The zero-order valence-electron chi connectivity index (χ0n) is 32.1. The van der Waals surface area contributed by atoms with E-state index in [0.717, 1.165) is 85.0 Å². The van der Waals surface area contributed by atoms with Crippen molar-refractivity contribution in [1.29, 1.82) is 0 Å². The lowest BCUT2D eigenvalue weighted by Crippen LogP contribution is -2.48. The van der Waals surface area contributed by atoms with E-state index in [2.05, 4.69) is 78.0 Å². The normalized spacial score (nSPS) is 19.6. The van der Waals surface area contributed by atoms with Gasteiger partial charge >= 0.3 is 5.97 Å². The molecule has 0 spiro atoms. The molecule has 3 saturated heterocycles. The van der Waals surface area contributed by atoms with E-state index >= 15 is 0 Å². The number of anilines is 2. The van der Waals surface area contributed by atoms with Crippen LogP contribution in [-0.4, -0.2) is 110 Å². The minimum absolute atomic E-state index is 0.0985. The Bertz CT molecular complexity index is 1880. The molecule has 10 nitrogen and oxygen atoms in total. The number of piperidine rings is 3. The van der Waals surface area contributed by atoms with Crippen LogP contribution in [0.4, 0.5) is 20.2 Å². The molecular weight excluding hydrogens is 676 g/mol. The Labute approximate surface area is 311 Å². The highest BCUT2D eigenvalue weighted by molar-refractivity contribution is 5.99. The number of nitrogens with zero attached hydrogens (tertiary/aromatic N) is 3. The molecule has 12 heteroatoms. The van der Waals surface area contributed by atoms with E-state index in [9.17, 15) is 18.4 Å². The van der Waals surface area contributed by atoms with E-state index < -0.39 is 11.9 Å². The Hall–Kier alpha value is -4.16. The first-order valence-electron chi connectivity index (χ1n) is 19.1. The van der Waals surface area contributed by atoms with Crippen molar-refractivity contribution in [2.24, 2.45) is 0 Å². The number of hydrogen-bond acceptors (Lipinski definition) is 6. The van der Waals surface area contributed by atoms with Crippen LogP contribution in [0.1, 0.15) is 101 Å². The molecule has 0 atom stereocenters. The number of hydrogen-bond donors (Lipinski definition) is 5. The highest BCUT2D eigenvalue weighted by Crippen LogP contribution is 2.30. The lowest BCUT2D eigenvalue weighted by atomic mass is 9.98. The quantitative estimate of drug-likeness (QED) is 0.135. The van der Waals surface area contributed by atoms with E-state index in [1.807, 2.05) is 36.4 Å². The van der Waals surface area contributed by atoms with Gasteiger partial charge in [-0.25, -0.2) is 13.6 Å². The Balaban J connectivity index is 0.000000188. The molecule has 3 aliphatic rings. The summed E-state index contributed by atoms with van der Waals surface area (Å²) in [6, 6.07) is 16.5. The maximum absolute atomic E-state index is 13.4. The van der Waals surface area contributed by atoms with Gasteiger partial charge in [-0.2, -0.15) is 0 Å². The summed E-state index contributed by atoms with van der Waals surface area (Å²) in [6.07, 6.45) is 3.94. The molecule has 3 aliphatic heterocycles. The SMILES string of the molecule is CC(C)(C)N1CCC(Nc2ccc3[nH]c(C(=O)N4CCC(F)(F)CC4)cc3c2)CC1.CC(C)(C)N1CCC(Nc2ccc3[nH]c(C(=O)O)cc3c2)CC1. The van der Waals surface area contributed by atoms with Crippen molar-refractivity contribution < 1.29 is 23.5 Å². The van der Waals surface area contributed by atoms with Gasteiger partial charge in [0, 0.05) is 108 Å². The zero-order chi connectivity index (χ0) is 38.1. The van der Waals surface area contributed by atoms with Gasteiger partial charge in [0.2, 0.25) is 0 Å². The van der Waals surface area contributed by atoms with Gasteiger partial charge < -0.3 is 30.6 Å². The number of carboxylic acid groups (broad SMARTS) is 1. The monoisotopic (exact) mass is 733 g/mol. The van der Waals surface area contributed by atoms with Crippen LogP contribution in [0.15, 0.2) is 48.5 Å². The molecule has 4 aromatic rings. The van der Waals surface area contributed by atoms with Crippen LogP contribution in [0, 0.1) is 0 Å². The Morgan fingerprint density at radius 3 is 1.51 bits per heavy atom. The zero-order valence-corrected chi connectivity index (χ0v) is 32.1. The van der Waals surface area contributed by atoms with E-state index in [1.54, 1.807) is 6.07 Å². The number of amides is 1. The van der Waals surface area contributed by atoms with Gasteiger partial charge in [0.1, 0.15) is 11.4 Å². The number of carbonyl (C=O) groups excluding carboxylic acids is 1. The minimum Gasteiger partial charge on any atom is -0.477 e. The molecule has 53 heavy (non-hydrogen) atoms. The number of nitrogens with one attached hydrogen (secondary N) is 4. The largest absolute Gasteiger partial charge is 0.477 e. The molecule has 5 heterocycles. The standard InChI is InChI=1S/C23H32F2N4O.C18H25N3O2/c1-22(2,3)29-10-6-17(7-11-29)26-18-4-5-19-16(14-18)15-20(27-19)21(30)28-12-8-23(24,25)9-13-28;1-18(2,3)21-8-6-13(7-9-21)19-14-4-5-15-12(10-14)11-16(20-15)17(22)23/h4-5,14-15,17,26-27H,6-13H2,1-3H3;4-5,10-11,13,19-20H,6-9H2,1-3H3,(H,22,23). The first kappa shape index (κ1) is 38.6. The number of aromatic nitrogens is 2. The molecule has 288 valence electrons. The van der Waals surface area contributed by atoms with Gasteiger partial charge in [-0.15, -0.1) is 0 Å². The molecule has 5 N–H and O–H groups in total. The van der Waals surface area contributed by atoms with Crippen LogP contribution < -0.4 is 10.6 Å². The van der Waals surface area contributed by atoms with Crippen molar-refractivity contribution in [3.8, 4) is 0 Å². The number of likely N-dealkylation sites (tertiary alicyclic amines) is 3. The molecule has 0 unspecified atom stereocenters. The fourth-order valence-corrected chi connectivity index (χ4v) is 7.74. The smallest absolute Gasteiger partial charge is 0.352 e. The predicted molar refractivity (Wildman–Crippen MR) is 210 cm³/mol. The molecule has 0 bridgehead atoms. The van der Waals surface area contributed by atoms with Gasteiger partial charge in [0.05, 0.1) is 0 Å². The molecule has 0 radical (unpaired) electrons. The Kier molecular flexibility index (Phi) is 11.1. The van der Waals surface area contributed by atoms with E-state index in [-0.39, 0.29) is 48.6 Å². The number of fused-ring (bicyclic) bond motifs is 2. The van der Waals surface area contributed by atoms with Gasteiger partial charge in [-0.1, -0.05) is 0 Å². The predicted octanol–water partition coefficient (Wildman–Crippen LogP) is 8.25. The van der Waals surface area contributed by atoms with Crippen LogP contribution >= 0.6 is 0 Å². The van der Waals surface area contributed by atoms with Crippen molar-refractivity contribution >= 4 is 45.1 Å². The average Bonchev–Trinajstić information content (AvgIpc) is 3.72. The van der Waals surface area contributed by atoms with Gasteiger partial charge in [0.25, 0.3) is 11.8 Å². The summed E-state index contributed by atoms with van der Waals surface area (Å²) in [4.78, 5) is 36.4. The number of benzene rings is 2. The third-order valence-electron chi connectivity index (χ3n) is 11.1. The summed E-state index contributed by atoms with van der Waals surface area (Å²) in [5.41, 5.74) is 4.99. The van der Waals surface area contributed by atoms with Gasteiger partial charge in [-0.3, -0.25) is 14.6 Å². The fraction of sp³-hybridized carbons (Fsp3) is 0.561. The summed E-state index contributed by atoms with van der Waals surface area (Å²) in [5, 5.41) is 18.2. The van der Waals surface area contributed by atoms with Crippen LogP contribution in [0.3, 0.4) is 0 Å². The number of carbonyl (C=O) groups is 2.